The van der Waals surface area contributed by atoms with E-state index >= 15 is 0 Å². The summed E-state index contributed by atoms with van der Waals surface area (Å²) >= 11 is 0. The second-order valence-corrected chi connectivity index (χ2v) is 3.81. The Bertz CT molecular complexity index is 392. The number of para-hydroxylation sites is 1. The van der Waals surface area contributed by atoms with Gasteiger partial charge in [0.25, 0.3) is 0 Å². The first kappa shape index (κ1) is 14.0. The highest BCUT2D eigenvalue weighted by Crippen LogP contribution is 2.12. The van der Waals surface area contributed by atoms with Crippen molar-refractivity contribution >= 4 is 17.7 Å². The summed E-state index contributed by atoms with van der Waals surface area (Å²) in [4.78, 5) is 23.8. The van der Waals surface area contributed by atoms with Gasteiger partial charge in [-0.2, -0.15) is 0 Å². The van der Waals surface area contributed by atoms with Gasteiger partial charge in [-0.25, -0.2) is 4.79 Å². The Labute approximate surface area is 106 Å². The van der Waals surface area contributed by atoms with Crippen LogP contribution in [0.2, 0.25) is 0 Å². The molecule has 0 spiro atoms. The molecule has 0 bridgehead atoms. The van der Waals surface area contributed by atoms with Gasteiger partial charge < -0.3 is 10.4 Å². The van der Waals surface area contributed by atoms with E-state index in [9.17, 15) is 9.59 Å². The number of hydrogen-bond donors (Lipinski definition) is 2. The number of anilines is 1. The monoisotopic (exact) mass is 250 g/mol. The van der Waals surface area contributed by atoms with Crippen molar-refractivity contribution in [2.45, 2.75) is 19.8 Å². The minimum Gasteiger partial charge on any atom is -0.481 e. The minimum atomic E-state index is -0.848. The maximum Gasteiger partial charge on any atom is 0.321 e. The summed E-state index contributed by atoms with van der Waals surface area (Å²) in [5, 5.41) is 11.2. The fourth-order valence-electron chi connectivity index (χ4n) is 1.58. The van der Waals surface area contributed by atoms with Crippen molar-refractivity contribution in [3.05, 3.63) is 30.3 Å². The van der Waals surface area contributed by atoms with Gasteiger partial charge in [-0.15, -0.1) is 0 Å². The molecule has 2 N–H and O–H groups in total. The Morgan fingerprint density at radius 1 is 1.28 bits per heavy atom. The van der Waals surface area contributed by atoms with Crippen LogP contribution in [0.1, 0.15) is 19.8 Å². The second-order valence-electron chi connectivity index (χ2n) is 3.81. The summed E-state index contributed by atoms with van der Waals surface area (Å²) < 4.78 is 0. The summed E-state index contributed by atoms with van der Waals surface area (Å²) in [7, 11) is 0. The van der Waals surface area contributed by atoms with Crippen molar-refractivity contribution < 1.29 is 14.7 Å². The van der Waals surface area contributed by atoms with E-state index in [4.69, 9.17) is 5.11 Å². The molecule has 0 saturated carbocycles. The van der Waals surface area contributed by atoms with Crippen LogP contribution in [0.15, 0.2) is 30.3 Å². The number of nitrogens with one attached hydrogen (secondary N) is 1. The van der Waals surface area contributed by atoms with Crippen molar-refractivity contribution in [1.29, 1.82) is 0 Å². The molecule has 0 aliphatic heterocycles. The molecule has 0 saturated heterocycles. The number of amides is 2. The van der Waals surface area contributed by atoms with Gasteiger partial charge in [0.15, 0.2) is 0 Å². The molecule has 5 heteroatoms. The van der Waals surface area contributed by atoms with Crippen molar-refractivity contribution in [3.8, 4) is 0 Å². The van der Waals surface area contributed by atoms with Crippen LogP contribution >= 0.6 is 0 Å². The lowest BCUT2D eigenvalue weighted by Gasteiger charge is -2.21. The Balaban J connectivity index is 2.46. The summed E-state index contributed by atoms with van der Waals surface area (Å²) in [6, 6.07) is 9.16. The highest BCUT2D eigenvalue weighted by atomic mass is 16.4. The average molecular weight is 250 g/mol. The number of nitrogens with zero attached hydrogens (tertiary/aromatic N) is 1. The fraction of sp³-hybridized carbons (Fsp3) is 0.385. The van der Waals surface area contributed by atoms with Gasteiger partial charge in [-0.1, -0.05) is 18.2 Å². The molecule has 18 heavy (non-hydrogen) atoms. The molecule has 1 rings (SSSR count). The Morgan fingerprint density at radius 2 is 1.94 bits per heavy atom. The third kappa shape index (κ3) is 4.45. The number of carboxylic acid groups (broad SMARTS) is 1. The van der Waals surface area contributed by atoms with Gasteiger partial charge in [0, 0.05) is 25.2 Å². The van der Waals surface area contributed by atoms with E-state index in [1.54, 1.807) is 4.90 Å². The largest absolute Gasteiger partial charge is 0.481 e. The fourth-order valence-corrected chi connectivity index (χ4v) is 1.58. The third-order valence-corrected chi connectivity index (χ3v) is 2.47. The Hall–Kier alpha value is -2.04. The van der Waals surface area contributed by atoms with Gasteiger partial charge in [-0.05, 0) is 25.5 Å². The van der Waals surface area contributed by atoms with Crippen LogP contribution in [-0.2, 0) is 4.79 Å². The van der Waals surface area contributed by atoms with Gasteiger partial charge >= 0.3 is 12.0 Å². The van der Waals surface area contributed by atoms with Crippen molar-refractivity contribution in [3.63, 3.8) is 0 Å². The van der Waals surface area contributed by atoms with Crippen LogP contribution in [0.25, 0.3) is 0 Å². The number of aliphatic carboxylic acids is 1. The number of carboxylic acids is 1. The molecule has 1 aromatic carbocycles. The SMILES string of the molecule is CCN(C(=O)NCCCC(=O)O)c1ccccc1. The number of benzene rings is 1. The lowest BCUT2D eigenvalue weighted by atomic mass is 10.3. The normalized spacial score (nSPS) is 9.83. The zero-order valence-corrected chi connectivity index (χ0v) is 10.4. The number of carbonyl (C=O) groups is 2. The second kappa shape index (κ2) is 7.32. The van der Waals surface area contributed by atoms with E-state index in [1.807, 2.05) is 37.3 Å². The molecule has 1 aromatic rings. The first-order valence-corrected chi connectivity index (χ1v) is 5.97. The summed E-state index contributed by atoms with van der Waals surface area (Å²) in [5.41, 5.74) is 0.829. The average Bonchev–Trinajstić information content (AvgIpc) is 2.36. The van der Waals surface area contributed by atoms with Crippen LogP contribution in [-0.4, -0.2) is 30.2 Å². The van der Waals surface area contributed by atoms with Gasteiger partial charge in [-0.3, -0.25) is 9.69 Å². The van der Waals surface area contributed by atoms with Crippen LogP contribution in [0.5, 0.6) is 0 Å². The topological polar surface area (TPSA) is 69.6 Å². The van der Waals surface area contributed by atoms with Gasteiger partial charge in [0.1, 0.15) is 0 Å². The zero-order chi connectivity index (χ0) is 13.4. The molecule has 0 radical (unpaired) electrons. The number of carbonyl (C=O) groups excluding carboxylic acids is 1. The predicted molar refractivity (Wildman–Crippen MR) is 69.7 cm³/mol. The molecule has 0 aliphatic rings. The molecule has 0 aliphatic carbocycles. The lowest BCUT2D eigenvalue weighted by molar-refractivity contribution is -0.137. The smallest absolute Gasteiger partial charge is 0.321 e. The number of rotatable bonds is 6. The molecule has 0 heterocycles. The zero-order valence-electron chi connectivity index (χ0n) is 10.4. The maximum absolute atomic E-state index is 11.9. The molecular formula is C13H18N2O3. The first-order valence-electron chi connectivity index (χ1n) is 5.97. The van der Waals surface area contributed by atoms with Crippen LogP contribution < -0.4 is 10.2 Å². The maximum atomic E-state index is 11.9. The predicted octanol–water partition coefficient (Wildman–Crippen LogP) is 2.09. The number of hydrogen-bond acceptors (Lipinski definition) is 2. The molecule has 0 aromatic heterocycles. The molecular weight excluding hydrogens is 232 g/mol. The molecule has 5 nitrogen and oxygen atoms in total. The summed E-state index contributed by atoms with van der Waals surface area (Å²) in [6.45, 7) is 2.83. The van der Waals surface area contributed by atoms with E-state index in [2.05, 4.69) is 5.32 Å². The van der Waals surface area contributed by atoms with Crippen molar-refractivity contribution in [2.75, 3.05) is 18.0 Å². The minimum absolute atomic E-state index is 0.0672. The van der Waals surface area contributed by atoms with E-state index in [1.165, 1.54) is 0 Å². The highest BCUT2D eigenvalue weighted by molar-refractivity contribution is 5.91. The lowest BCUT2D eigenvalue weighted by Crippen LogP contribution is -2.40. The van der Waals surface area contributed by atoms with E-state index in [-0.39, 0.29) is 12.5 Å². The molecule has 98 valence electrons. The molecule has 0 atom stereocenters. The summed E-state index contributed by atoms with van der Waals surface area (Å²) in [5.74, 6) is -0.848. The Morgan fingerprint density at radius 3 is 2.50 bits per heavy atom. The summed E-state index contributed by atoms with van der Waals surface area (Å²) in [6.07, 6.45) is 0.505. The van der Waals surface area contributed by atoms with Crippen molar-refractivity contribution in [1.82, 2.24) is 5.32 Å². The van der Waals surface area contributed by atoms with E-state index in [0.717, 1.165) is 5.69 Å². The molecule has 2 amide bonds. The van der Waals surface area contributed by atoms with Gasteiger partial charge in [0.05, 0.1) is 0 Å². The van der Waals surface area contributed by atoms with Gasteiger partial charge in [0.2, 0.25) is 0 Å². The highest BCUT2D eigenvalue weighted by Gasteiger charge is 2.12. The van der Waals surface area contributed by atoms with Crippen LogP contribution in [0, 0.1) is 0 Å². The Kier molecular flexibility index (Phi) is 5.70. The number of urea groups is 1. The standard InChI is InChI=1S/C13H18N2O3/c1-2-15(11-7-4-3-5-8-11)13(18)14-10-6-9-12(16)17/h3-5,7-8H,2,6,9-10H2,1H3,(H,14,18)(H,16,17). The first-order chi connectivity index (χ1) is 8.65. The van der Waals surface area contributed by atoms with E-state index < -0.39 is 5.97 Å². The molecule has 0 unspecified atom stereocenters. The quantitative estimate of drug-likeness (QED) is 0.759. The van der Waals surface area contributed by atoms with Crippen molar-refractivity contribution in [2.24, 2.45) is 0 Å². The van der Waals surface area contributed by atoms with Crippen LogP contribution in [0.4, 0.5) is 10.5 Å². The third-order valence-electron chi connectivity index (χ3n) is 2.47. The van der Waals surface area contributed by atoms with Crippen LogP contribution in [0.3, 0.4) is 0 Å². The molecule has 0 fully saturated rings. The van der Waals surface area contributed by atoms with E-state index in [0.29, 0.717) is 19.5 Å².